The molecule has 9 heteroatoms. The van der Waals surface area contributed by atoms with Gasteiger partial charge in [-0.2, -0.15) is 0 Å². The van der Waals surface area contributed by atoms with Crippen LogP contribution in [-0.4, -0.2) is 56.4 Å². The molecule has 1 unspecified atom stereocenters. The molecular formula is C22H21ClFNO5S. The molecule has 31 heavy (non-hydrogen) atoms. The molecule has 4 N–H and O–H groups in total. The van der Waals surface area contributed by atoms with E-state index in [4.69, 9.17) is 16.3 Å². The number of hydrogen-bond donors (Lipinski definition) is 4. The van der Waals surface area contributed by atoms with Crippen molar-refractivity contribution in [3.8, 4) is 10.6 Å². The van der Waals surface area contributed by atoms with E-state index in [1.165, 1.54) is 23.6 Å². The van der Waals surface area contributed by atoms with E-state index in [0.717, 1.165) is 15.3 Å². The summed E-state index contributed by atoms with van der Waals surface area (Å²) in [6.45, 7) is -0.489. The van der Waals surface area contributed by atoms with E-state index >= 15 is 0 Å². The van der Waals surface area contributed by atoms with Crippen molar-refractivity contribution in [1.82, 2.24) is 4.98 Å². The van der Waals surface area contributed by atoms with Gasteiger partial charge in [-0.15, -0.1) is 11.3 Å². The molecule has 1 aliphatic heterocycles. The number of rotatable bonds is 5. The lowest BCUT2D eigenvalue weighted by atomic mass is 9.90. The first-order valence-corrected chi connectivity index (χ1v) is 10.9. The molecule has 1 aliphatic rings. The Labute approximate surface area is 187 Å². The summed E-state index contributed by atoms with van der Waals surface area (Å²) in [4.78, 5) is 6.01. The van der Waals surface area contributed by atoms with Crippen molar-refractivity contribution in [2.24, 2.45) is 0 Å². The second-order valence-electron chi connectivity index (χ2n) is 7.40. The summed E-state index contributed by atoms with van der Waals surface area (Å²) in [5.74, 6) is -0.391. The first-order chi connectivity index (χ1) is 14.9. The van der Waals surface area contributed by atoms with Crippen LogP contribution >= 0.6 is 22.9 Å². The van der Waals surface area contributed by atoms with Gasteiger partial charge in [-0.3, -0.25) is 4.98 Å². The number of hydrogen-bond acceptors (Lipinski definition) is 7. The third kappa shape index (κ3) is 4.65. The maximum absolute atomic E-state index is 13.1. The van der Waals surface area contributed by atoms with E-state index in [1.807, 2.05) is 12.1 Å². The van der Waals surface area contributed by atoms with Gasteiger partial charge in [0.25, 0.3) is 0 Å². The molecule has 2 aromatic heterocycles. The molecule has 4 rings (SSSR count). The third-order valence-electron chi connectivity index (χ3n) is 5.30. The van der Waals surface area contributed by atoms with Crippen molar-refractivity contribution in [2.75, 3.05) is 6.61 Å². The van der Waals surface area contributed by atoms with Crippen LogP contribution in [0.3, 0.4) is 0 Å². The Morgan fingerprint density at radius 3 is 2.55 bits per heavy atom. The fourth-order valence-electron chi connectivity index (χ4n) is 3.60. The lowest BCUT2D eigenvalue weighted by Crippen LogP contribution is -2.55. The van der Waals surface area contributed by atoms with Gasteiger partial charge in [0.2, 0.25) is 0 Å². The molecule has 1 fully saturated rings. The maximum atomic E-state index is 13.1. The Kier molecular flexibility index (Phi) is 6.68. The Balaban J connectivity index is 1.57. The molecule has 0 bridgehead atoms. The minimum absolute atomic E-state index is 0.391. The van der Waals surface area contributed by atoms with Crippen LogP contribution in [0.5, 0.6) is 0 Å². The number of aliphatic hydroxyl groups is 4. The minimum Gasteiger partial charge on any atom is -0.394 e. The van der Waals surface area contributed by atoms with Gasteiger partial charge in [0.05, 0.1) is 23.4 Å². The highest BCUT2D eigenvalue weighted by molar-refractivity contribution is 7.15. The molecule has 6 nitrogen and oxygen atoms in total. The van der Waals surface area contributed by atoms with Crippen LogP contribution in [0.2, 0.25) is 5.02 Å². The summed E-state index contributed by atoms with van der Waals surface area (Å²) >= 11 is 7.90. The van der Waals surface area contributed by atoms with Gasteiger partial charge >= 0.3 is 0 Å². The highest BCUT2D eigenvalue weighted by Gasteiger charge is 2.44. The minimum atomic E-state index is -1.45. The van der Waals surface area contributed by atoms with Crippen molar-refractivity contribution >= 4 is 22.9 Å². The Morgan fingerprint density at radius 2 is 1.84 bits per heavy atom. The summed E-state index contributed by atoms with van der Waals surface area (Å²) in [5.41, 5.74) is 2.05. The smallest absolute Gasteiger partial charge is 0.141 e. The highest BCUT2D eigenvalue weighted by atomic mass is 35.5. The van der Waals surface area contributed by atoms with Crippen LogP contribution in [0.1, 0.15) is 22.1 Å². The molecule has 0 amide bonds. The van der Waals surface area contributed by atoms with Gasteiger partial charge in [0, 0.05) is 16.3 Å². The van der Waals surface area contributed by atoms with Crippen LogP contribution in [-0.2, 0) is 11.2 Å². The van der Waals surface area contributed by atoms with E-state index < -0.39 is 42.9 Å². The fourth-order valence-corrected chi connectivity index (χ4v) is 4.80. The number of aliphatic hydroxyl groups excluding tert-OH is 4. The topological polar surface area (TPSA) is 103 Å². The molecule has 164 valence electrons. The summed E-state index contributed by atoms with van der Waals surface area (Å²) in [7, 11) is 0. The molecule has 1 saturated heterocycles. The van der Waals surface area contributed by atoms with E-state index in [0.29, 0.717) is 22.7 Å². The predicted octanol–water partition coefficient (Wildman–Crippen LogP) is 2.71. The molecule has 0 spiro atoms. The summed E-state index contributed by atoms with van der Waals surface area (Å²) in [5, 5.41) is 40.4. The van der Waals surface area contributed by atoms with E-state index in [9.17, 15) is 24.8 Å². The lowest BCUT2D eigenvalue weighted by molar-refractivity contribution is -0.231. The van der Waals surface area contributed by atoms with Gasteiger partial charge in [-0.25, -0.2) is 4.39 Å². The SMILES string of the molecule is OC[C@H]1OC(c2ccc(Cl)c(Cc3ccc(-c4ccc(F)cn4)s3)c2)[C@H](O)[C@@H](O)[C@@H]1O. The molecule has 0 aliphatic carbocycles. The zero-order valence-corrected chi connectivity index (χ0v) is 17.8. The van der Waals surface area contributed by atoms with E-state index in [1.54, 1.807) is 24.3 Å². The highest BCUT2D eigenvalue weighted by Crippen LogP contribution is 2.35. The largest absolute Gasteiger partial charge is 0.394 e. The van der Waals surface area contributed by atoms with Crippen molar-refractivity contribution in [2.45, 2.75) is 36.9 Å². The third-order valence-corrected chi connectivity index (χ3v) is 6.77. The zero-order chi connectivity index (χ0) is 22.1. The molecule has 3 aromatic rings. The molecular weight excluding hydrogens is 445 g/mol. The molecule has 3 heterocycles. The molecule has 0 radical (unpaired) electrons. The van der Waals surface area contributed by atoms with Crippen LogP contribution in [0.15, 0.2) is 48.7 Å². The van der Waals surface area contributed by atoms with Crippen molar-refractivity contribution in [3.63, 3.8) is 0 Å². The standard InChI is InChI=1S/C22H21ClFNO5S/c23-15-4-1-11(22-21(29)20(28)19(27)17(10-26)30-22)7-12(15)8-14-3-6-18(31-14)16-5-2-13(24)9-25-16/h1-7,9,17,19-22,26-29H,8,10H2/t17-,19-,20+,21-,22?/m1/s1. The normalized spacial score (nSPS) is 26.2. The quantitative estimate of drug-likeness (QED) is 0.462. The van der Waals surface area contributed by atoms with Gasteiger partial charge in [-0.1, -0.05) is 23.7 Å². The van der Waals surface area contributed by atoms with Crippen LogP contribution in [0.25, 0.3) is 10.6 Å². The number of aromatic nitrogens is 1. The van der Waals surface area contributed by atoms with Gasteiger partial charge in [-0.05, 0) is 41.5 Å². The van der Waals surface area contributed by atoms with Crippen LogP contribution in [0, 0.1) is 5.82 Å². The zero-order valence-electron chi connectivity index (χ0n) is 16.2. The van der Waals surface area contributed by atoms with E-state index in [2.05, 4.69) is 4.98 Å². The molecule has 1 aromatic carbocycles. The maximum Gasteiger partial charge on any atom is 0.141 e. The number of ether oxygens (including phenoxy) is 1. The van der Waals surface area contributed by atoms with Crippen LogP contribution in [0.4, 0.5) is 4.39 Å². The number of pyridine rings is 1. The second kappa shape index (κ2) is 9.30. The first kappa shape index (κ1) is 22.3. The number of benzene rings is 1. The number of halogens is 2. The second-order valence-corrected chi connectivity index (χ2v) is 8.98. The van der Waals surface area contributed by atoms with Crippen molar-refractivity contribution in [1.29, 1.82) is 0 Å². The van der Waals surface area contributed by atoms with Gasteiger partial charge in [0.1, 0.15) is 36.3 Å². The van der Waals surface area contributed by atoms with Crippen molar-refractivity contribution in [3.05, 3.63) is 75.5 Å². The summed E-state index contributed by atoms with van der Waals surface area (Å²) in [6, 6.07) is 12.0. The number of nitrogens with zero attached hydrogens (tertiary/aromatic N) is 1. The predicted molar refractivity (Wildman–Crippen MR) is 114 cm³/mol. The first-order valence-electron chi connectivity index (χ1n) is 9.67. The lowest BCUT2D eigenvalue weighted by Gasteiger charge is -2.40. The Bertz CT molecular complexity index is 1040. The summed E-state index contributed by atoms with van der Waals surface area (Å²) in [6.07, 6.45) is -4.43. The summed E-state index contributed by atoms with van der Waals surface area (Å²) < 4.78 is 18.7. The average molecular weight is 466 g/mol. The van der Waals surface area contributed by atoms with Gasteiger partial charge < -0.3 is 25.2 Å². The Morgan fingerprint density at radius 1 is 1.03 bits per heavy atom. The van der Waals surface area contributed by atoms with Crippen LogP contribution < -0.4 is 0 Å². The van der Waals surface area contributed by atoms with Gasteiger partial charge in [0.15, 0.2) is 0 Å². The molecule has 5 atom stereocenters. The monoisotopic (exact) mass is 465 g/mol. The fraction of sp³-hybridized carbons (Fsp3) is 0.318. The number of thiophene rings is 1. The molecule has 0 saturated carbocycles. The van der Waals surface area contributed by atoms with E-state index in [-0.39, 0.29) is 0 Å². The average Bonchev–Trinajstić information content (AvgIpc) is 3.23. The Hall–Kier alpha value is -1.91. The van der Waals surface area contributed by atoms with Crippen molar-refractivity contribution < 1.29 is 29.6 Å².